The molecule has 0 bridgehead atoms. The van der Waals surface area contributed by atoms with E-state index in [1.165, 1.54) is 10.6 Å². The van der Waals surface area contributed by atoms with Gasteiger partial charge in [-0.25, -0.2) is 4.52 Å². The molecule has 4 aromatic rings. The number of fused-ring (bicyclic) bond motifs is 1. The monoisotopic (exact) mass is 457 g/mol. The summed E-state index contributed by atoms with van der Waals surface area (Å²) < 4.78 is 12.8. The van der Waals surface area contributed by atoms with Gasteiger partial charge in [-0.05, 0) is 42.5 Å². The summed E-state index contributed by atoms with van der Waals surface area (Å²) in [6, 6.07) is 14.7. The quantitative estimate of drug-likeness (QED) is 0.413. The number of amides is 2. The molecule has 9 nitrogen and oxygen atoms in total. The number of nitrogens with one attached hydrogen (secondary N) is 1. The summed E-state index contributed by atoms with van der Waals surface area (Å²) in [5.74, 6) is 1.27. The molecule has 3 heterocycles. The third-order valence-electron chi connectivity index (χ3n) is 5.97. The van der Waals surface area contributed by atoms with Crippen molar-refractivity contribution in [2.75, 3.05) is 20.2 Å². The van der Waals surface area contributed by atoms with E-state index in [1.54, 1.807) is 18.2 Å². The highest BCUT2D eigenvalue weighted by atomic mass is 16.5. The lowest BCUT2D eigenvalue weighted by Gasteiger charge is -2.38. The molecular formula is C25H23N5O4. The molecule has 0 spiro atoms. The highest BCUT2D eigenvalue weighted by molar-refractivity contribution is 5.98. The van der Waals surface area contributed by atoms with Crippen molar-refractivity contribution in [1.29, 1.82) is 0 Å². The molecule has 5 rings (SSSR count). The Morgan fingerprint density at radius 1 is 1.15 bits per heavy atom. The Balaban J connectivity index is 1.45. The minimum Gasteiger partial charge on any atom is -0.493 e. The lowest BCUT2D eigenvalue weighted by Crippen LogP contribution is -2.47. The summed E-state index contributed by atoms with van der Waals surface area (Å²) >= 11 is 0. The zero-order valence-electron chi connectivity index (χ0n) is 18.5. The molecule has 172 valence electrons. The molecule has 1 aliphatic heterocycles. The molecule has 2 amide bonds. The molecule has 2 aromatic heterocycles. The highest BCUT2D eigenvalue weighted by Crippen LogP contribution is 2.35. The van der Waals surface area contributed by atoms with Crippen LogP contribution in [0.5, 0.6) is 17.2 Å². The molecule has 1 aliphatic rings. The number of carbonyl (C=O) groups excluding carboxylic acids is 2. The van der Waals surface area contributed by atoms with E-state index in [9.17, 15) is 9.59 Å². The van der Waals surface area contributed by atoms with Crippen LogP contribution >= 0.6 is 0 Å². The molecule has 0 aliphatic carbocycles. The molecule has 3 N–H and O–H groups in total. The average molecular weight is 457 g/mol. The summed E-state index contributed by atoms with van der Waals surface area (Å²) in [7, 11) is 1.59. The van der Waals surface area contributed by atoms with E-state index in [0.717, 1.165) is 11.1 Å². The second-order valence-electron chi connectivity index (χ2n) is 7.99. The van der Waals surface area contributed by atoms with E-state index in [2.05, 4.69) is 16.7 Å². The maximum Gasteiger partial charge on any atom is 0.269 e. The summed E-state index contributed by atoms with van der Waals surface area (Å²) in [6.07, 6.45) is 3.02. The SMILES string of the molecule is C=CC(=O)N1CC(c2cnn3c(C(N)=O)c(-c4ccc(Oc5ccccc5OC)cc4)[nH]c23)C1. The molecule has 1 saturated heterocycles. The number of benzene rings is 2. The number of methoxy groups -OCH3 is 1. The minimum absolute atomic E-state index is 0.0971. The minimum atomic E-state index is -0.595. The number of nitrogens with zero attached hydrogens (tertiary/aromatic N) is 3. The van der Waals surface area contributed by atoms with E-state index in [0.29, 0.717) is 41.7 Å². The number of hydrogen-bond acceptors (Lipinski definition) is 5. The molecule has 34 heavy (non-hydrogen) atoms. The molecule has 0 radical (unpaired) electrons. The van der Waals surface area contributed by atoms with Gasteiger partial charge in [-0.15, -0.1) is 0 Å². The number of H-pyrrole nitrogens is 1. The van der Waals surface area contributed by atoms with Gasteiger partial charge in [0.05, 0.1) is 19.0 Å². The van der Waals surface area contributed by atoms with Crippen molar-refractivity contribution in [2.24, 2.45) is 5.73 Å². The molecule has 9 heteroatoms. The van der Waals surface area contributed by atoms with Gasteiger partial charge in [0.25, 0.3) is 5.91 Å². The van der Waals surface area contributed by atoms with Gasteiger partial charge in [0.15, 0.2) is 17.2 Å². The van der Waals surface area contributed by atoms with Crippen LogP contribution in [0.3, 0.4) is 0 Å². The molecular weight excluding hydrogens is 434 g/mol. The van der Waals surface area contributed by atoms with E-state index in [4.69, 9.17) is 15.2 Å². The molecule has 0 atom stereocenters. The van der Waals surface area contributed by atoms with E-state index < -0.39 is 5.91 Å². The second kappa shape index (κ2) is 8.43. The number of para-hydroxylation sites is 2. The van der Waals surface area contributed by atoms with Crippen LogP contribution in [-0.2, 0) is 4.79 Å². The van der Waals surface area contributed by atoms with Crippen LogP contribution in [0.1, 0.15) is 22.0 Å². The van der Waals surface area contributed by atoms with E-state index >= 15 is 0 Å². The number of aromatic nitrogens is 3. The van der Waals surface area contributed by atoms with Crippen molar-refractivity contribution in [3.63, 3.8) is 0 Å². The largest absolute Gasteiger partial charge is 0.493 e. The molecule has 0 saturated carbocycles. The van der Waals surface area contributed by atoms with Crippen LogP contribution in [0, 0.1) is 0 Å². The summed E-state index contributed by atoms with van der Waals surface area (Å²) in [5, 5.41) is 4.39. The topological polar surface area (TPSA) is 115 Å². The Bertz CT molecular complexity index is 1400. The maximum atomic E-state index is 12.3. The lowest BCUT2D eigenvalue weighted by molar-refractivity contribution is -0.130. The number of ether oxygens (including phenoxy) is 2. The van der Waals surface area contributed by atoms with Crippen LogP contribution in [0.2, 0.25) is 0 Å². The van der Waals surface area contributed by atoms with Gasteiger partial charge in [0, 0.05) is 30.1 Å². The van der Waals surface area contributed by atoms with Gasteiger partial charge < -0.3 is 25.1 Å². The maximum absolute atomic E-state index is 12.3. The zero-order valence-corrected chi connectivity index (χ0v) is 18.5. The summed E-state index contributed by atoms with van der Waals surface area (Å²) in [4.78, 5) is 29.1. The first kappa shape index (κ1) is 21.3. The average Bonchev–Trinajstić information content (AvgIpc) is 3.38. The van der Waals surface area contributed by atoms with Crippen molar-refractivity contribution in [3.8, 4) is 28.5 Å². The van der Waals surface area contributed by atoms with Gasteiger partial charge in [0.1, 0.15) is 11.4 Å². The first-order valence-electron chi connectivity index (χ1n) is 10.7. The van der Waals surface area contributed by atoms with Crippen LogP contribution in [0.4, 0.5) is 0 Å². The fraction of sp³-hybridized carbons (Fsp3) is 0.160. The Kier molecular flexibility index (Phi) is 5.29. The number of primary amides is 1. The van der Waals surface area contributed by atoms with Gasteiger partial charge in [0.2, 0.25) is 5.91 Å². The predicted molar refractivity (Wildman–Crippen MR) is 126 cm³/mol. The number of rotatable bonds is 7. The van der Waals surface area contributed by atoms with Crippen molar-refractivity contribution in [2.45, 2.75) is 5.92 Å². The van der Waals surface area contributed by atoms with Crippen molar-refractivity contribution in [3.05, 3.63) is 78.6 Å². The van der Waals surface area contributed by atoms with Crippen molar-refractivity contribution < 1.29 is 19.1 Å². The lowest BCUT2D eigenvalue weighted by atomic mass is 9.93. The fourth-order valence-electron chi connectivity index (χ4n) is 4.18. The molecule has 0 unspecified atom stereocenters. The molecule has 1 fully saturated rings. The van der Waals surface area contributed by atoms with Crippen molar-refractivity contribution in [1.82, 2.24) is 19.5 Å². The Morgan fingerprint density at radius 3 is 2.50 bits per heavy atom. The number of hydrogen-bond donors (Lipinski definition) is 2. The smallest absolute Gasteiger partial charge is 0.269 e. The summed E-state index contributed by atoms with van der Waals surface area (Å²) in [5.41, 5.74) is 8.92. The van der Waals surface area contributed by atoms with Crippen LogP contribution in [0.15, 0.2) is 67.4 Å². The van der Waals surface area contributed by atoms with Crippen molar-refractivity contribution >= 4 is 17.5 Å². The van der Waals surface area contributed by atoms with Gasteiger partial charge in [-0.3, -0.25) is 9.59 Å². The molecule has 2 aromatic carbocycles. The predicted octanol–water partition coefficient (Wildman–Crippen LogP) is 3.34. The second-order valence-corrected chi connectivity index (χ2v) is 7.99. The number of imidazole rings is 1. The van der Waals surface area contributed by atoms with Crippen LogP contribution < -0.4 is 15.2 Å². The number of carbonyl (C=O) groups is 2. The Morgan fingerprint density at radius 2 is 1.85 bits per heavy atom. The van der Waals surface area contributed by atoms with Gasteiger partial charge in [-0.2, -0.15) is 5.10 Å². The third kappa shape index (κ3) is 3.57. The van der Waals surface area contributed by atoms with Gasteiger partial charge >= 0.3 is 0 Å². The van der Waals surface area contributed by atoms with E-state index in [1.807, 2.05) is 48.5 Å². The normalized spacial score (nSPS) is 13.5. The number of aromatic amines is 1. The Labute approximate surface area is 195 Å². The third-order valence-corrected chi connectivity index (χ3v) is 5.97. The zero-order chi connectivity index (χ0) is 23.8. The Hall–Kier alpha value is -4.53. The fourth-order valence-corrected chi connectivity index (χ4v) is 4.18. The summed E-state index contributed by atoms with van der Waals surface area (Å²) in [6.45, 7) is 4.67. The van der Waals surface area contributed by atoms with Crippen LogP contribution in [-0.4, -0.2) is 51.5 Å². The number of likely N-dealkylation sites (tertiary alicyclic amines) is 1. The van der Waals surface area contributed by atoms with E-state index in [-0.39, 0.29) is 17.5 Å². The van der Waals surface area contributed by atoms with Gasteiger partial charge in [-0.1, -0.05) is 18.7 Å². The first-order valence-corrected chi connectivity index (χ1v) is 10.7. The number of nitrogens with two attached hydrogens (primary N) is 1. The highest BCUT2D eigenvalue weighted by Gasteiger charge is 2.34. The van der Waals surface area contributed by atoms with Crippen LogP contribution in [0.25, 0.3) is 16.9 Å². The standard InChI is InChI=1S/C25H23N5O4/c1-3-21(31)29-13-16(14-29)18-12-27-30-23(24(26)32)22(28-25(18)30)15-8-10-17(11-9-15)34-20-7-5-4-6-19(20)33-2/h3-12,16,28H,1,13-14H2,2H3,(H2,26,32). The first-order chi connectivity index (χ1) is 16.5.